The van der Waals surface area contributed by atoms with E-state index in [0.717, 1.165) is 46.7 Å². The van der Waals surface area contributed by atoms with E-state index in [4.69, 9.17) is 15.7 Å². The molecule has 1 amide bonds. The van der Waals surface area contributed by atoms with E-state index in [1.165, 1.54) is 12.5 Å². The number of hydrogen-bond donors (Lipinski definition) is 2. The van der Waals surface area contributed by atoms with E-state index in [2.05, 4.69) is 5.32 Å². The highest BCUT2D eigenvalue weighted by molar-refractivity contribution is 5.88. The molecule has 1 aliphatic rings. The number of nitrogens with one attached hydrogen (secondary N) is 1. The maximum atomic E-state index is 11.6. The van der Waals surface area contributed by atoms with Crippen LogP contribution in [0.2, 0.25) is 0 Å². The van der Waals surface area contributed by atoms with Gasteiger partial charge in [-0.3, -0.25) is 4.79 Å². The molecule has 0 bridgehead atoms. The Morgan fingerprint density at radius 1 is 1.12 bits per heavy atom. The number of carbonyl (C=O) groups is 1. The fourth-order valence-electron chi connectivity index (χ4n) is 3.38. The van der Waals surface area contributed by atoms with Crippen LogP contribution in [-0.2, 0) is 24.1 Å². The second-order valence-electron chi connectivity index (χ2n) is 6.57. The number of hydrogen-bond acceptors (Lipinski definition) is 4. The maximum Gasteiger partial charge on any atom is 0.222 e. The van der Waals surface area contributed by atoms with Crippen molar-refractivity contribution in [1.29, 1.82) is 0 Å². The second-order valence-corrected chi connectivity index (χ2v) is 6.57. The number of amides is 1. The van der Waals surface area contributed by atoms with Crippen LogP contribution in [0.25, 0.3) is 11.3 Å². The quantitative estimate of drug-likeness (QED) is 0.714. The van der Waals surface area contributed by atoms with Crippen molar-refractivity contribution in [1.82, 2.24) is 9.97 Å². The summed E-state index contributed by atoms with van der Waals surface area (Å²) in [5, 5.41) is 2.84. The van der Waals surface area contributed by atoms with Crippen molar-refractivity contribution >= 4 is 17.4 Å². The fourth-order valence-corrected chi connectivity index (χ4v) is 3.38. The van der Waals surface area contributed by atoms with E-state index in [9.17, 15) is 4.79 Å². The molecule has 130 valence electrons. The van der Waals surface area contributed by atoms with Gasteiger partial charge in [-0.2, -0.15) is 0 Å². The molecule has 5 heteroatoms. The molecule has 0 saturated carbocycles. The molecule has 4 rings (SSSR count). The van der Waals surface area contributed by atoms with E-state index in [0.29, 0.717) is 12.2 Å². The summed E-state index contributed by atoms with van der Waals surface area (Å²) in [4.78, 5) is 21.3. The van der Waals surface area contributed by atoms with E-state index in [-0.39, 0.29) is 5.91 Å². The van der Waals surface area contributed by atoms with Gasteiger partial charge in [-0.15, -0.1) is 0 Å². The van der Waals surface area contributed by atoms with Crippen molar-refractivity contribution in [3.8, 4) is 11.3 Å². The summed E-state index contributed by atoms with van der Waals surface area (Å²) in [6, 6.07) is 16.0. The van der Waals surface area contributed by atoms with Crippen LogP contribution in [0.15, 0.2) is 48.5 Å². The van der Waals surface area contributed by atoms with Crippen molar-refractivity contribution in [2.45, 2.75) is 26.2 Å². The Kier molecular flexibility index (Phi) is 4.13. The first-order valence-electron chi connectivity index (χ1n) is 8.70. The lowest BCUT2D eigenvalue weighted by Crippen LogP contribution is -2.16. The van der Waals surface area contributed by atoms with Gasteiger partial charge in [-0.1, -0.05) is 36.4 Å². The van der Waals surface area contributed by atoms with Crippen molar-refractivity contribution in [2.24, 2.45) is 0 Å². The number of nitrogens with two attached hydrogens (primary N) is 1. The van der Waals surface area contributed by atoms with Crippen LogP contribution < -0.4 is 11.1 Å². The molecule has 0 aliphatic heterocycles. The number of carbonyl (C=O) groups excluding carboxylic acids is 1. The van der Waals surface area contributed by atoms with Gasteiger partial charge in [0.15, 0.2) is 5.82 Å². The van der Waals surface area contributed by atoms with Crippen molar-refractivity contribution in [3.63, 3.8) is 0 Å². The van der Waals surface area contributed by atoms with Crippen molar-refractivity contribution < 1.29 is 4.79 Å². The number of anilines is 2. The van der Waals surface area contributed by atoms with Crippen molar-refractivity contribution in [2.75, 3.05) is 11.1 Å². The van der Waals surface area contributed by atoms with Crippen LogP contribution in [0.5, 0.6) is 0 Å². The Bertz CT molecular complexity index is 983. The largest absolute Gasteiger partial charge is 0.399 e. The summed E-state index contributed by atoms with van der Waals surface area (Å²) in [5.74, 6) is 0.413. The smallest absolute Gasteiger partial charge is 0.222 e. The lowest BCUT2D eigenvalue weighted by molar-refractivity contribution is -0.114. The Morgan fingerprint density at radius 2 is 1.92 bits per heavy atom. The third kappa shape index (κ3) is 3.16. The summed E-state index contributed by atoms with van der Waals surface area (Å²) in [5.41, 5.74) is 12.7. The molecule has 0 unspecified atom stereocenters. The first kappa shape index (κ1) is 16.3. The van der Waals surface area contributed by atoms with E-state index < -0.39 is 0 Å². The minimum Gasteiger partial charge on any atom is -0.399 e. The lowest BCUT2D eigenvalue weighted by atomic mass is 9.91. The number of aryl methyl sites for hydroxylation is 2. The summed E-state index contributed by atoms with van der Waals surface area (Å²) in [6.45, 7) is 1.49. The van der Waals surface area contributed by atoms with Gasteiger partial charge in [0.05, 0.1) is 17.1 Å². The second kappa shape index (κ2) is 6.59. The van der Waals surface area contributed by atoms with Gasteiger partial charge < -0.3 is 11.1 Å². The Hall–Kier alpha value is -3.21. The van der Waals surface area contributed by atoms with E-state index in [1.807, 2.05) is 48.5 Å². The number of benzene rings is 2. The standard InChI is InChI=1S/C21H20N4O/c1-13(26)23-21-19(11-14-5-3-2-4-6-14)24-20-17-9-8-16(22)12-15(17)7-10-18(20)25-21/h2-6,8-9,12H,7,10-11,22H2,1H3,(H,23,25,26). The maximum absolute atomic E-state index is 11.6. The van der Waals surface area contributed by atoms with E-state index in [1.54, 1.807) is 0 Å². The zero-order valence-corrected chi connectivity index (χ0v) is 14.6. The predicted molar refractivity (Wildman–Crippen MR) is 103 cm³/mol. The first-order chi connectivity index (χ1) is 12.6. The summed E-state index contributed by atoms with van der Waals surface area (Å²) >= 11 is 0. The average molecular weight is 344 g/mol. The van der Waals surface area contributed by atoms with Crippen LogP contribution in [0.4, 0.5) is 11.5 Å². The molecule has 5 nitrogen and oxygen atoms in total. The van der Waals surface area contributed by atoms with Gasteiger partial charge >= 0.3 is 0 Å². The zero-order valence-electron chi connectivity index (χ0n) is 14.6. The van der Waals surface area contributed by atoms with Crippen LogP contribution >= 0.6 is 0 Å². The third-order valence-corrected chi connectivity index (χ3v) is 4.56. The fraction of sp³-hybridized carbons (Fsp3) is 0.190. The monoisotopic (exact) mass is 344 g/mol. The molecule has 1 aliphatic carbocycles. The summed E-state index contributed by atoms with van der Waals surface area (Å²) < 4.78 is 0. The Labute approximate surface area is 152 Å². The first-order valence-corrected chi connectivity index (χ1v) is 8.70. The van der Waals surface area contributed by atoms with E-state index >= 15 is 0 Å². The molecule has 26 heavy (non-hydrogen) atoms. The molecular weight excluding hydrogens is 324 g/mol. The molecule has 0 atom stereocenters. The third-order valence-electron chi connectivity index (χ3n) is 4.56. The number of nitrogens with zero attached hydrogens (tertiary/aromatic N) is 2. The van der Waals surface area contributed by atoms with Crippen LogP contribution in [0.3, 0.4) is 0 Å². The molecule has 0 radical (unpaired) electrons. The minimum absolute atomic E-state index is 0.141. The molecule has 0 saturated heterocycles. The molecular formula is C21H20N4O. The SMILES string of the molecule is CC(=O)Nc1nc2c(nc1Cc1ccccc1)-c1ccc(N)cc1CC2. The summed E-state index contributed by atoms with van der Waals surface area (Å²) in [6.07, 6.45) is 2.28. The molecule has 0 fully saturated rings. The van der Waals surface area contributed by atoms with Crippen LogP contribution in [0.1, 0.15) is 29.4 Å². The molecule has 0 spiro atoms. The summed E-state index contributed by atoms with van der Waals surface area (Å²) in [7, 11) is 0. The molecule has 3 N–H and O–H groups in total. The van der Waals surface area contributed by atoms with Gasteiger partial charge in [0.2, 0.25) is 5.91 Å². The van der Waals surface area contributed by atoms with Gasteiger partial charge in [0.25, 0.3) is 0 Å². The number of aromatic nitrogens is 2. The Morgan fingerprint density at radius 3 is 2.69 bits per heavy atom. The van der Waals surface area contributed by atoms with Crippen molar-refractivity contribution in [3.05, 3.63) is 71.0 Å². The molecule has 3 aromatic rings. The number of fused-ring (bicyclic) bond motifs is 3. The lowest BCUT2D eigenvalue weighted by Gasteiger charge is -2.21. The highest BCUT2D eigenvalue weighted by atomic mass is 16.1. The highest BCUT2D eigenvalue weighted by Crippen LogP contribution is 2.34. The minimum atomic E-state index is -0.141. The Balaban J connectivity index is 1.83. The number of rotatable bonds is 3. The van der Waals surface area contributed by atoms with Gasteiger partial charge in [0.1, 0.15) is 0 Å². The zero-order chi connectivity index (χ0) is 18.1. The highest BCUT2D eigenvalue weighted by Gasteiger charge is 2.22. The van der Waals surface area contributed by atoms with Crippen LogP contribution in [-0.4, -0.2) is 15.9 Å². The van der Waals surface area contributed by atoms with Gasteiger partial charge in [0, 0.05) is 24.6 Å². The normalized spacial score (nSPS) is 12.2. The number of nitrogen functional groups attached to an aromatic ring is 1. The van der Waals surface area contributed by atoms with Gasteiger partial charge in [-0.25, -0.2) is 9.97 Å². The molecule has 2 aromatic carbocycles. The predicted octanol–water partition coefficient (Wildman–Crippen LogP) is 3.37. The van der Waals surface area contributed by atoms with Gasteiger partial charge in [-0.05, 0) is 36.1 Å². The molecule has 1 heterocycles. The topological polar surface area (TPSA) is 80.9 Å². The molecule has 1 aromatic heterocycles. The van der Waals surface area contributed by atoms with Crippen LogP contribution in [0, 0.1) is 0 Å². The average Bonchev–Trinajstić information content (AvgIpc) is 2.62.